The van der Waals surface area contributed by atoms with E-state index in [1.165, 1.54) is 0 Å². The number of benzene rings is 2. The second-order valence-electron chi connectivity index (χ2n) is 8.00. The zero-order valence-corrected chi connectivity index (χ0v) is 19.3. The smallest absolute Gasteiger partial charge is 0.338 e. The summed E-state index contributed by atoms with van der Waals surface area (Å²) in [5.74, 6) is -0.918. The maximum absolute atomic E-state index is 12.8. The van der Waals surface area contributed by atoms with Crippen LogP contribution in [0.3, 0.4) is 0 Å². The first-order valence-electron chi connectivity index (χ1n) is 11.6. The Morgan fingerprint density at radius 3 is 1.44 bits per heavy atom. The zero-order valence-electron chi connectivity index (χ0n) is 19.3. The molecule has 0 saturated carbocycles. The average Bonchev–Trinajstić information content (AvgIpc) is 2.78. The summed E-state index contributed by atoms with van der Waals surface area (Å²) in [6, 6.07) is 10.0. The van der Waals surface area contributed by atoms with Crippen LogP contribution in [0.1, 0.15) is 85.9 Å². The molecule has 0 spiro atoms. The van der Waals surface area contributed by atoms with Gasteiger partial charge in [-0.15, -0.1) is 0 Å². The molecule has 2 rings (SSSR count). The van der Waals surface area contributed by atoms with Crippen LogP contribution in [-0.2, 0) is 9.47 Å². The molecule has 0 aliphatic heterocycles. The number of nitrogen functional groups attached to an aromatic ring is 2. The van der Waals surface area contributed by atoms with E-state index in [0.29, 0.717) is 46.8 Å². The van der Waals surface area contributed by atoms with Crippen molar-refractivity contribution in [2.24, 2.45) is 0 Å². The lowest BCUT2D eigenvalue weighted by Crippen LogP contribution is -2.12. The quantitative estimate of drug-likeness (QED) is 0.225. The number of hydrogen-bond donors (Lipinski definition) is 2. The average molecular weight is 441 g/mol. The van der Waals surface area contributed by atoms with Crippen molar-refractivity contribution in [3.05, 3.63) is 47.5 Å². The highest BCUT2D eigenvalue weighted by Crippen LogP contribution is 2.31. The first-order chi connectivity index (χ1) is 15.5. The predicted octanol–water partition coefficient (Wildman–Crippen LogP) is 5.99. The SMILES string of the molecule is CCCCCCOC(=O)c1cc(N)ccc1-c1ccc(N)cc1C(=O)OCCCCCC. The number of carbonyl (C=O) groups excluding carboxylic acids is 2. The van der Waals surface area contributed by atoms with Crippen LogP contribution in [0.2, 0.25) is 0 Å². The first-order valence-corrected chi connectivity index (χ1v) is 11.6. The van der Waals surface area contributed by atoms with Gasteiger partial charge in [-0.25, -0.2) is 9.59 Å². The summed E-state index contributed by atoms with van der Waals surface area (Å²) in [6.07, 6.45) is 8.10. The van der Waals surface area contributed by atoms with Crippen molar-refractivity contribution in [3.8, 4) is 11.1 Å². The van der Waals surface area contributed by atoms with Crippen LogP contribution >= 0.6 is 0 Å². The summed E-state index contributed by atoms with van der Waals surface area (Å²) in [6.45, 7) is 4.96. The molecule has 0 aliphatic carbocycles. The van der Waals surface area contributed by atoms with Gasteiger partial charge in [0.15, 0.2) is 0 Å². The Labute approximate surface area is 191 Å². The van der Waals surface area contributed by atoms with Crippen LogP contribution in [0, 0.1) is 0 Å². The van der Waals surface area contributed by atoms with E-state index in [1.54, 1.807) is 36.4 Å². The predicted molar refractivity (Wildman–Crippen MR) is 130 cm³/mol. The van der Waals surface area contributed by atoms with Crippen molar-refractivity contribution in [2.75, 3.05) is 24.7 Å². The van der Waals surface area contributed by atoms with Crippen LogP contribution in [0.25, 0.3) is 11.1 Å². The molecule has 0 amide bonds. The third-order valence-corrected chi connectivity index (χ3v) is 5.28. The number of anilines is 2. The van der Waals surface area contributed by atoms with E-state index >= 15 is 0 Å². The van der Waals surface area contributed by atoms with Gasteiger partial charge in [-0.2, -0.15) is 0 Å². The van der Waals surface area contributed by atoms with E-state index in [-0.39, 0.29) is 0 Å². The summed E-state index contributed by atoms with van der Waals surface area (Å²) >= 11 is 0. The second-order valence-corrected chi connectivity index (χ2v) is 8.00. The summed E-state index contributed by atoms with van der Waals surface area (Å²) in [5.41, 5.74) is 14.6. The van der Waals surface area contributed by atoms with Gasteiger partial charge in [0.05, 0.1) is 24.3 Å². The molecule has 32 heavy (non-hydrogen) atoms. The minimum absolute atomic E-state index is 0.322. The van der Waals surface area contributed by atoms with Crippen molar-refractivity contribution >= 4 is 23.3 Å². The van der Waals surface area contributed by atoms with Crippen molar-refractivity contribution < 1.29 is 19.1 Å². The number of ether oxygens (including phenoxy) is 2. The van der Waals surface area contributed by atoms with Crippen molar-refractivity contribution in [1.29, 1.82) is 0 Å². The fourth-order valence-corrected chi connectivity index (χ4v) is 3.47. The molecular weight excluding hydrogens is 404 g/mol. The normalized spacial score (nSPS) is 10.7. The molecule has 6 heteroatoms. The number of carbonyl (C=O) groups is 2. The number of rotatable bonds is 13. The second kappa shape index (κ2) is 13.4. The Balaban J connectivity index is 2.25. The fourth-order valence-electron chi connectivity index (χ4n) is 3.47. The Kier molecular flexibility index (Phi) is 10.6. The lowest BCUT2D eigenvalue weighted by Gasteiger charge is -2.15. The summed E-state index contributed by atoms with van der Waals surface area (Å²) in [4.78, 5) is 25.7. The molecule has 174 valence electrons. The van der Waals surface area contributed by atoms with E-state index in [9.17, 15) is 9.59 Å². The zero-order chi connectivity index (χ0) is 23.3. The van der Waals surface area contributed by atoms with E-state index in [4.69, 9.17) is 20.9 Å². The molecule has 0 saturated heterocycles. The molecule has 0 fully saturated rings. The largest absolute Gasteiger partial charge is 0.462 e. The van der Waals surface area contributed by atoms with Gasteiger partial charge >= 0.3 is 11.9 Å². The Morgan fingerprint density at radius 2 is 1.06 bits per heavy atom. The van der Waals surface area contributed by atoms with Crippen LogP contribution in [-0.4, -0.2) is 25.2 Å². The number of esters is 2. The maximum Gasteiger partial charge on any atom is 0.338 e. The van der Waals surface area contributed by atoms with Gasteiger partial charge < -0.3 is 20.9 Å². The lowest BCUT2D eigenvalue weighted by atomic mass is 9.94. The minimum Gasteiger partial charge on any atom is -0.462 e. The monoisotopic (exact) mass is 440 g/mol. The van der Waals surface area contributed by atoms with Gasteiger partial charge in [-0.05, 0) is 48.2 Å². The summed E-state index contributed by atoms with van der Waals surface area (Å²) in [5, 5.41) is 0. The third kappa shape index (κ3) is 7.59. The minimum atomic E-state index is -0.459. The van der Waals surface area contributed by atoms with Crippen LogP contribution < -0.4 is 11.5 Å². The van der Waals surface area contributed by atoms with E-state index in [1.807, 2.05) is 0 Å². The van der Waals surface area contributed by atoms with Gasteiger partial charge in [-0.1, -0.05) is 64.5 Å². The number of nitrogens with two attached hydrogens (primary N) is 2. The van der Waals surface area contributed by atoms with E-state index in [0.717, 1.165) is 51.4 Å². The summed E-state index contributed by atoms with van der Waals surface area (Å²) < 4.78 is 11.0. The summed E-state index contributed by atoms with van der Waals surface area (Å²) in [7, 11) is 0. The van der Waals surface area contributed by atoms with Gasteiger partial charge in [-0.3, -0.25) is 0 Å². The van der Waals surface area contributed by atoms with Crippen molar-refractivity contribution in [3.63, 3.8) is 0 Å². The number of unbranched alkanes of at least 4 members (excludes halogenated alkanes) is 6. The Bertz CT molecular complexity index is 822. The molecule has 0 unspecified atom stereocenters. The van der Waals surface area contributed by atoms with Gasteiger partial charge in [0, 0.05) is 11.4 Å². The molecule has 0 radical (unpaired) electrons. The molecule has 0 aliphatic rings. The highest BCUT2D eigenvalue weighted by Gasteiger charge is 2.21. The molecular formula is C26H36N2O4. The van der Waals surface area contributed by atoms with Crippen LogP contribution in [0.15, 0.2) is 36.4 Å². The molecule has 2 aromatic rings. The molecule has 0 bridgehead atoms. The highest BCUT2D eigenvalue weighted by atomic mass is 16.5. The fraction of sp³-hybridized carbons (Fsp3) is 0.462. The Hall–Kier alpha value is -3.02. The Morgan fingerprint density at radius 1 is 0.656 bits per heavy atom. The van der Waals surface area contributed by atoms with Crippen LogP contribution in [0.5, 0.6) is 0 Å². The van der Waals surface area contributed by atoms with Crippen LogP contribution in [0.4, 0.5) is 11.4 Å². The molecule has 2 aromatic carbocycles. The van der Waals surface area contributed by atoms with Gasteiger partial charge in [0.2, 0.25) is 0 Å². The first kappa shape index (κ1) is 25.2. The topological polar surface area (TPSA) is 105 Å². The molecule has 0 aromatic heterocycles. The number of hydrogen-bond acceptors (Lipinski definition) is 6. The van der Waals surface area contributed by atoms with Crippen molar-refractivity contribution in [1.82, 2.24) is 0 Å². The highest BCUT2D eigenvalue weighted by molar-refractivity contribution is 6.04. The molecule has 0 heterocycles. The van der Waals surface area contributed by atoms with Gasteiger partial charge in [0.25, 0.3) is 0 Å². The maximum atomic E-state index is 12.8. The standard InChI is InChI=1S/C26H36N2O4/c1-3-5-7-9-15-31-25(29)23-17-19(27)11-13-21(23)22-14-12-20(28)18-24(22)26(30)32-16-10-8-6-4-2/h11-14,17-18H,3-10,15-16,27-28H2,1-2H3. The molecule has 6 nitrogen and oxygen atoms in total. The third-order valence-electron chi connectivity index (χ3n) is 5.28. The molecule has 4 N–H and O–H groups in total. The van der Waals surface area contributed by atoms with E-state index < -0.39 is 11.9 Å². The lowest BCUT2D eigenvalue weighted by molar-refractivity contribution is 0.0487. The van der Waals surface area contributed by atoms with E-state index in [2.05, 4.69) is 13.8 Å². The van der Waals surface area contributed by atoms with Crippen molar-refractivity contribution in [2.45, 2.75) is 65.2 Å². The molecule has 0 atom stereocenters. The van der Waals surface area contributed by atoms with Gasteiger partial charge in [0.1, 0.15) is 0 Å².